The van der Waals surface area contributed by atoms with E-state index in [1.54, 1.807) is 11.3 Å². The molecule has 3 aliphatic heterocycles. The maximum absolute atomic E-state index is 13.1. The Labute approximate surface area is 164 Å². The minimum Gasteiger partial charge on any atom is -0.340 e. The van der Waals surface area contributed by atoms with Gasteiger partial charge in [-0.05, 0) is 38.8 Å². The molecule has 27 heavy (non-hydrogen) atoms. The van der Waals surface area contributed by atoms with E-state index in [0.29, 0.717) is 18.6 Å². The van der Waals surface area contributed by atoms with Crippen LogP contribution in [0.25, 0.3) is 0 Å². The number of nitrogens with zero attached hydrogens (tertiary/aromatic N) is 3. The number of hydrogen-bond donors (Lipinski definition) is 1. The first-order valence-corrected chi connectivity index (χ1v) is 10.7. The lowest BCUT2D eigenvalue weighted by molar-refractivity contribution is 0.0491. The highest BCUT2D eigenvalue weighted by molar-refractivity contribution is 7.15. The maximum Gasteiger partial charge on any atom is 0.254 e. The van der Waals surface area contributed by atoms with Crippen LogP contribution in [0.4, 0.5) is 5.13 Å². The van der Waals surface area contributed by atoms with Gasteiger partial charge >= 0.3 is 0 Å². The van der Waals surface area contributed by atoms with Crippen molar-refractivity contribution in [1.29, 1.82) is 0 Å². The Hall–Kier alpha value is -1.92. The number of benzene rings is 1. The topological polar surface area (TPSA) is 48.5 Å². The van der Waals surface area contributed by atoms with Gasteiger partial charge in [-0.1, -0.05) is 29.5 Å². The Balaban J connectivity index is 1.45. The summed E-state index contributed by atoms with van der Waals surface area (Å²) in [6, 6.07) is 10.8. The predicted octanol–water partition coefficient (Wildman–Crippen LogP) is 3.06. The summed E-state index contributed by atoms with van der Waals surface area (Å²) in [6.07, 6.45) is 3.33. The van der Waals surface area contributed by atoms with Gasteiger partial charge in [-0.2, -0.15) is 0 Å². The van der Waals surface area contributed by atoms with Crippen LogP contribution in [0.1, 0.15) is 47.6 Å². The normalized spacial score (nSPS) is 26.1. The van der Waals surface area contributed by atoms with Crippen molar-refractivity contribution in [2.45, 2.75) is 57.3 Å². The van der Waals surface area contributed by atoms with Crippen LogP contribution in [0.3, 0.4) is 0 Å². The number of piperazine rings is 1. The number of rotatable bonds is 2. The second-order valence-corrected chi connectivity index (χ2v) is 9.63. The van der Waals surface area contributed by atoms with Gasteiger partial charge in [0.25, 0.3) is 5.91 Å². The number of carbonyl (C=O) groups excluding carboxylic acids is 1. The van der Waals surface area contributed by atoms with E-state index < -0.39 is 0 Å². The van der Waals surface area contributed by atoms with Gasteiger partial charge in [0, 0.05) is 47.6 Å². The van der Waals surface area contributed by atoms with Crippen molar-refractivity contribution in [3.05, 3.63) is 46.5 Å². The van der Waals surface area contributed by atoms with E-state index in [2.05, 4.69) is 24.1 Å². The third kappa shape index (κ3) is 2.86. The van der Waals surface area contributed by atoms with Crippen LogP contribution in [-0.4, -0.2) is 46.5 Å². The zero-order valence-electron chi connectivity index (χ0n) is 15.9. The van der Waals surface area contributed by atoms with E-state index in [0.717, 1.165) is 25.1 Å². The van der Waals surface area contributed by atoms with Crippen LogP contribution < -0.4 is 10.2 Å². The summed E-state index contributed by atoms with van der Waals surface area (Å²) >= 11 is 1.80. The average molecular weight is 383 g/mol. The summed E-state index contributed by atoms with van der Waals surface area (Å²) in [6.45, 7) is 7.10. The first-order chi connectivity index (χ1) is 13.0. The van der Waals surface area contributed by atoms with E-state index in [4.69, 9.17) is 4.98 Å². The van der Waals surface area contributed by atoms with Crippen LogP contribution in [0.5, 0.6) is 0 Å². The molecule has 0 radical (unpaired) electrons. The molecule has 6 heteroatoms. The molecule has 2 bridgehead atoms. The van der Waals surface area contributed by atoms with Crippen molar-refractivity contribution in [2.75, 3.05) is 18.0 Å². The van der Waals surface area contributed by atoms with Gasteiger partial charge in [-0.25, -0.2) is 4.98 Å². The highest BCUT2D eigenvalue weighted by atomic mass is 32.1. The number of hydrogen-bond acceptors (Lipinski definition) is 5. The lowest BCUT2D eigenvalue weighted by Crippen LogP contribution is -2.52. The summed E-state index contributed by atoms with van der Waals surface area (Å²) in [7, 11) is 0. The molecule has 4 heterocycles. The predicted molar refractivity (Wildman–Crippen MR) is 108 cm³/mol. The Morgan fingerprint density at radius 3 is 2.59 bits per heavy atom. The molecule has 3 aliphatic rings. The molecule has 1 aromatic heterocycles. The fraction of sp³-hybridized carbons (Fsp3) is 0.524. The average Bonchev–Trinajstić information content (AvgIpc) is 3.16. The highest BCUT2D eigenvalue weighted by Gasteiger charge is 2.42. The van der Waals surface area contributed by atoms with Crippen LogP contribution in [-0.2, 0) is 13.0 Å². The highest BCUT2D eigenvalue weighted by Crippen LogP contribution is 2.41. The molecule has 2 atom stereocenters. The Morgan fingerprint density at radius 1 is 1.19 bits per heavy atom. The molecule has 2 fully saturated rings. The van der Waals surface area contributed by atoms with Crippen molar-refractivity contribution in [1.82, 2.24) is 15.2 Å². The summed E-state index contributed by atoms with van der Waals surface area (Å²) in [5.41, 5.74) is 1.72. The largest absolute Gasteiger partial charge is 0.340 e. The van der Waals surface area contributed by atoms with E-state index in [1.165, 1.54) is 28.5 Å². The lowest BCUT2D eigenvalue weighted by atomic mass is 9.91. The quantitative estimate of drug-likeness (QED) is 0.867. The number of aromatic nitrogens is 1. The Kier molecular flexibility index (Phi) is 4.02. The molecule has 2 aromatic rings. The summed E-state index contributed by atoms with van der Waals surface area (Å²) in [4.78, 5) is 24.0. The molecular formula is C21H26N4OS. The zero-order valence-corrected chi connectivity index (χ0v) is 16.8. The summed E-state index contributed by atoms with van der Waals surface area (Å²) in [5.74, 6) is 0.114. The first-order valence-electron chi connectivity index (χ1n) is 9.87. The second-order valence-electron chi connectivity index (χ2n) is 8.56. The fourth-order valence-corrected chi connectivity index (χ4v) is 5.99. The van der Waals surface area contributed by atoms with Gasteiger partial charge < -0.3 is 15.1 Å². The minimum atomic E-state index is -0.228. The van der Waals surface area contributed by atoms with Crippen molar-refractivity contribution < 1.29 is 4.79 Å². The number of carbonyl (C=O) groups is 1. The van der Waals surface area contributed by atoms with Crippen molar-refractivity contribution in [3.63, 3.8) is 0 Å². The summed E-state index contributed by atoms with van der Waals surface area (Å²) < 4.78 is 0. The lowest BCUT2D eigenvalue weighted by Gasteiger charge is -2.41. The smallest absolute Gasteiger partial charge is 0.254 e. The molecule has 5 rings (SSSR count). The molecule has 0 saturated carbocycles. The molecule has 0 spiro atoms. The minimum absolute atomic E-state index is 0.114. The number of anilines is 1. The van der Waals surface area contributed by atoms with E-state index in [1.807, 2.05) is 35.2 Å². The Bertz CT molecular complexity index is 846. The molecular weight excluding hydrogens is 356 g/mol. The molecule has 142 valence electrons. The SMILES string of the molecule is CC1(C)Cc2nc(N3C4CCC3CNC4)sc2CN1C(=O)c1ccccc1. The van der Waals surface area contributed by atoms with E-state index >= 15 is 0 Å². The molecule has 1 N–H and O–H groups in total. The number of fused-ring (bicyclic) bond motifs is 3. The number of amides is 1. The standard InChI is InChI=1S/C21H26N4OS/c1-21(2)10-17-18(13-24(21)19(26)14-6-4-3-5-7-14)27-20(23-17)25-15-8-9-16(25)12-22-11-15/h3-7,15-16,22H,8-13H2,1-2H3. The molecule has 0 aliphatic carbocycles. The van der Waals surface area contributed by atoms with Crippen LogP contribution in [0.15, 0.2) is 30.3 Å². The van der Waals surface area contributed by atoms with Crippen molar-refractivity contribution >= 4 is 22.4 Å². The molecule has 1 amide bonds. The van der Waals surface area contributed by atoms with Crippen LogP contribution in [0.2, 0.25) is 0 Å². The van der Waals surface area contributed by atoms with Crippen LogP contribution in [0, 0.1) is 0 Å². The molecule has 2 unspecified atom stereocenters. The number of nitrogens with one attached hydrogen (secondary N) is 1. The second kappa shape index (κ2) is 6.31. The van der Waals surface area contributed by atoms with E-state index in [9.17, 15) is 4.79 Å². The van der Waals surface area contributed by atoms with Gasteiger partial charge in [-0.15, -0.1) is 0 Å². The van der Waals surface area contributed by atoms with Gasteiger partial charge in [0.05, 0.1) is 12.2 Å². The zero-order chi connectivity index (χ0) is 18.6. The van der Waals surface area contributed by atoms with Gasteiger partial charge in [0.15, 0.2) is 5.13 Å². The van der Waals surface area contributed by atoms with Gasteiger partial charge in [0.1, 0.15) is 0 Å². The summed E-state index contributed by atoms with van der Waals surface area (Å²) in [5, 5.41) is 4.71. The van der Waals surface area contributed by atoms with Gasteiger partial charge in [-0.3, -0.25) is 4.79 Å². The van der Waals surface area contributed by atoms with Crippen molar-refractivity contribution in [3.8, 4) is 0 Å². The van der Waals surface area contributed by atoms with Crippen LogP contribution >= 0.6 is 11.3 Å². The third-order valence-electron chi connectivity index (χ3n) is 6.27. The van der Waals surface area contributed by atoms with Crippen molar-refractivity contribution in [2.24, 2.45) is 0 Å². The number of thiazole rings is 1. The monoisotopic (exact) mass is 382 g/mol. The Morgan fingerprint density at radius 2 is 1.89 bits per heavy atom. The molecule has 1 aromatic carbocycles. The third-order valence-corrected chi connectivity index (χ3v) is 7.36. The van der Waals surface area contributed by atoms with E-state index in [-0.39, 0.29) is 11.4 Å². The van der Waals surface area contributed by atoms with Gasteiger partial charge in [0.2, 0.25) is 0 Å². The maximum atomic E-state index is 13.1. The molecule has 5 nitrogen and oxygen atoms in total. The molecule has 2 saturated heterocycles. The first kappa shape index (κ1) is 17.2. The fourth-order valence-electron chi connectivity index (χ4n) is 4.78.